The Kier molecular flexibility index (Phi) is 2.82. The summed E-state index contributed by atoms with van der Waals surface area (Å²) >= 11 is 0. The first kappa shape index (κ1) is 11.9. The molecule has 0 bridgehead atoms. The molecular weight excluding hydrogens is 244 g/mol. The zero-order valence-electron chi connectivity index (χ0n) is 10.5. The summed E-state index contributed by atoms with van der Waals surface area (Å²) in [6.45, 7) is 2.36. The smallest absolute Gasteiger partial charge is 0.163 e. The van der Waals surface area contributed by atoms with Crippen LogP contribution in [-0.2, 0) is 6.54 Å². The van der Waals surface area contributed by atoms with Crippen molar-refractivity contribution in [3.05, 3.63) is 71.4 Å². The number of halogens is 2. The summed E-state index contributed by atoms with van der Waals surface area (Å²) in [6, 6.07) is 12.4. The summed E-state index contributed by atoms with van der Waals surface area (Å²) in [7, 11) is 0. The van der Waals surface area contributed by atoms with Crippen molar-refractivity contribution < 1.29 is 8.78 Å². The second-order valence-electron chi connectivity index (χ2n) is 4.72. The van der Waals surface area contributed by atoms with E-state index in [2.05, 4.69) is 6.07 Å². The average molecular weight is 257 g/mol. The van der Waals surface area contributed by atoms with Gasteiger partial charge in [-0.25, -0.2) is 8.78 Å². The van der Waals surface area contributed by atoms with Crippen LogP contribution in [0.1, 0.15) is 11.1 Å². The van der Waals surface area contributed by atoms with Gasteiger partial charge in [0.1, 0.15) is 0 Å². The lowest BCUT2D eigenvalue weighted by molar-refractivity contribution is 0.496. The molecule has 0 unspecified atom stereocenters. The highest BCUT2D eigenvalue weighted by Crippen LogP contribution is 2.20. The molecule has 96 valence electrons. The topological polar surface area (TPSA) is 4.93 Å². The fourth-order valence-electron chi connectivity index (χ4n) is 2.31. The van der Waals surface area contributed by atoms with Gasteiger partial charge in [-0.3, -0.25) is 0 Å². The molecule has 0 N–H and O–H groups in total. The van der Waals surface area contributed by atoms with Crippen LogP contribution < -0.4 is 0 Å². The first-order valence-electron chi connectivity index (χ1n) is 6.13. The molecule has 19 heavy (non-hydrogen) atoms. The van der Waals surface area contributed by atoms with E-state index in [1.54, 1.807) is 6.07 Å². The Hall–Kier alpha value is -2.16. The zero-order valence-corrected chi connectivity index (χ0v) is 10.5. The number of nitrogens with zero attached hydrogens (tertiary/aromatic N) is 1. The number of hydrogen-bond donors (Lipinski definition) is 0. The van der Waals surface area contributed by atoms with Gasteiger partial charge in [-0.05, 0) is 36.6 Å². The van der Waals surface area contributed by atoms with Gasteiger partial charge in [0.05, 0.1) is 6.54 Å². The number of aromatic nitrogens is 1. The molecule has 0 radical (unpaired) electrons. The summed E-state index contributed by atoms with van der Waals surface area (Å²) < 4.78 is 28.8. The van der Waals surface area contributed by atoms with Crippen LogP contribution in [0.15, 0.2) is 48.7 Å². The Morgan fingerprint density at radius 3 is 2.74 bits per heavy atom. The number of benzene rings is 2. The van der Waals surface area contributed by atoms with E-state index in [0.717, 1.165) is 17.0 Å². The number of aryl methyl sites for hydroxylation is 1. The SMILES string of the molecule is Cc1ccc2c(ccn2Cc2cccc(F)c2F)c1. The molecule has 0 spiro atoms. The van der Waals surface area contributed by atoms with Crippen LogP contribution in [0.2, 0.25) is 0 Å². The van der Waals surface area contributed by atoms with Crippen LogP contribution in [-0.4, -0.2) is 4.57 Å². The molecule has 1 heterocycles. The standard InChI is InChI=1S/C16H13F2N/c1-11-5-6-15-12(9-11)7-8-19(15)10-13-3-2-4-14(17)16(13)18/h2-9H,10H2,1H3. The Morgan fingerprint density at radius 2 is 1.89 bits per heavy atom. The molecular formula is C16H13F2N. The Morgan fingerprint density at radius 1 is 1.05 bits per heavy atom. The van der Waals surface area contributed by atoms with Crippen LogP contribution in [0.3, 0.4) is 0 Å². The first-order chi connectivity index (χ1) is 9.15. The van der Waals surface area contributed by atoms with Crippen molar-refractivity contribution >= 4 is 10.9 Å². The lowest BCUT2D eigenvalue weighted by atomic mass is 10.1. The summed E-state index contributed by atoms with van der Waals surface area (Å²) in [5.41, 5.74) is 2.56. The molecule has 1 aromatic heterocycles. The normalized spacial score (nSPS) is 11.1. The van der Waals surface area contributed by atoms with Gasteiger partial charge in [0.2, 0.25) is 0 Å². The quantitative estimate of drug-likeness (QED) is 0.646. The van der Waals surface area contributed by atoms with Gasteiger partial charge >= 0.3 is 0 Å². The molecule has 3 aromatic rings. The molecule has 0 aliphatic heterocycles. The van der Waals surface area contributed by atoms with Crippen molar-refractivity contribution in [3.8, 4) is 0 Å². The number of rotatable bonds is 2. The van der Waals surface area contributed by atoms with Crippen molar-refractivity contribution in [1.82, 2.24) is 4.57 Å². The van der Waals surface area contributed by atoms with Crippen LogP contribution >= 0.6 is 0 Å². The highest BCUT2D eigenvalue weighted by molar-refractivity contribution is 5.80. The maximum absolute atomic E-state index is 13.7. The van der Waals surface area contributed by atoms with E-state index >= 15 is 0 Å². The molecule has 0 atom stereocenters. The van der Waals surface area contributed by atoms with Crippen LogP contribution in [0.4, 0.5) is 8.78 Å². The summed E-state index contributed by atoms with van der Waals surface area (Å²) in [4.78, 5) is 0. The zero-order chi connectivity index (χ0) is 13.4. The predicted molar refractivity (Wildman–Crippen MR) is 72.1 cm³/mol. The number of fused-ring (bicyclic) bond motifs is 1. The first-order valence-corrected chi connectivity index (χ1v) is 6.13. The van der Waals surface area contributed by atoms with E-state index in [1.165, 1.54) is 11.6 Å². The molecule has 3 rings (SSSR count). The molecule has 0 saturated heterocycles. The largest absolute Gasteiger partial charge is 0.343 e. The van der Waals surface area contributed by atoms with Gasteiger partial charge in [0.25, 0.3) is 0 Å². The van der Waals surface area contributed by atoms with E-state index in [0.29, 0.717) is 12.1 Å². The second-order valence-corrected chi connectivity index (χ2v) is 4.72. The van der Waals surface area contributed by atoms with Crippen molar-refractivity contribution in [2.75, 3.05) is 0 Å². The third kappa shape index (κ3) is 2.12. The van der Waals surface area contributed by atoms with Gasteiger partial charge in [-0.15, -0.1) is 0 Å². The minimum absolute atomic E-state index is 0.330. The predicted octanol–water partition coefficient (Wildman–Crippen LogP) is 4.28. The van der Waals surface area contributed by atoms with E-state index in [1.807, 2.05) is 35.9 Å². The van der Waals surface area contributed by atoms with E-state index in [-0.39, 0.29) is 0 Å². The Labute approximate surface area is 110 Å². The van der Waals surface area contributed by atoms with E-state index < -0.39 is 11.6 Å². The van der Waals surface area contributed by atoms with Gasteiger partial charge < -0.3 is 4.57 Å². The van der Waals surface area contributed by atoms with Crippen LogP contribution in [0, 0.1) is 18.6 Å². The van der Waals surface area contributed by atoms with Gasteiger partial charge in [-0.1, -0.05) is 23.8 Å². The highest BCUT2D eigenvalue weighted by atomic mass is 19.2. The number of hydrogen-bond acceptors (Lipinski definition) is 0. The van der Waals surface area contributed by atoms with Crippen molar-refractivity contribution in [3.63, 3.8) is 0 Å². The third-order valence-corrected chi connectivity index (χ3v) is 3.30. The molecule has 0 aliphatic carbocycles. The molecule has 0 aliphatic rings. The van der Waals surface area contributed by atoms with Crippen molar-refractivity contribution in [1.29, 1.82) is 0 Å². The minimum Gasteiger partial charge on any atom is -0.343 e. The molecule has 2 aromatic carbocycles. The van der Waals surface area contributed by atoms with Gasteiger partial charge in [0, 0.05) is 17.3 Å². The maximum Gasteiger partial charge on any atom is 0.163 e. The van der Waals surface area contributed by atoms with Gasteiger partial charge in [-0.2, -0.15) is 0 Å². The fraction of sp³-hybridized carbons (Fsp3) is 0.125. The monoisotopic (exact) mass is 257 g/mol. The molecule has 0 saturated carbocycles. The van der Waals surface area contributed by atoms with Gasteiger partial charge in [0.15, 0.2) is 11.6 Å². The molecule has 0 amide bonds. The van der Waals surface area contributed by atoms with E-state index in [4.69, 9.17) is 0 Å². The molecule has 1 nitrogen and oxygen atoms in total. The van der Waals surface area contributed by atoms with Crippen LogP contribution in [0.5, 0.6) is 0 Å². The average Bonchev–Trinajstić information content (AvgIpc) is 2.77. The summed E-state index contributed by atoms with van der Waals surface area (Å²) in [5.74, 6) is -1.57. The minimum atomic E-state index is -0.801. The Bertz CT molecular complexity index is 744. The van der Waals surface area contributed by atoms with Crippen molar-refractivity contribution in [2.45, 2.75) is 13.5 Å². The van der Waals surface area contributed by atoms with Crippen LogP contribution in [0.25, 0.3) is 10.9 Å². The van der Waals surface area contributed by atoms with E-state index in [9.17, 15) is 8.78 Å². The summed E-state index contributed by atoms with van der Waals surface area (Å²) in [6.07, 6.45) is 1.90. The molecule has 3 heteroatoms. The summed E-state index contributed by atoms with van der Waals surface area (Å²) in [5, 5.41) is 1.11. The molecule has 0 fully saturated rings. The third-order valence-electron chi connectivity index (χ3n) is 3.30. The lowest BCUT2D eigenvalue weighted by Crippen LogP contribution is -2.02. The lowest BCUT2D eigenvalue weighted by Gasteiger charge is -2.07. The highest BCUT2D eigenvalue weighted by Gasteiger charge is 2.09. The van der Waals surface area contributed by atoms with Crippen molar-refractivity contribution in [2.24, 2.45) is 0 Å². The fourth-order valence-corrected chi connectivity index (χ4v) is 2.31. The Balaban J connectivity index is 2.04. The second kappa shape index (κ2) is 4.50. The maximum atomic E-state index is 13.7.